The number of hydrogen-bond acceptors (Lipinski definition) is 3. The van der Waals surface area contributed by atoms with Gasteiger partial charge in [-0.15, -0.1) is 0 Å². The minimum absolute atomic E-state index is 0.0357. The molecule has 0 atom stereocenters. The fourth-order valence-corrected chi connectivity index (χ4v) is 2.28. The lowest BCUT2D eigenvalue weighted by Crippen LogP contribution is -2.17. The normalized spacial score (nSPS) is 11.3. The van der Waals surface area contributed by atoms with Gasteiger partial charge in [0, 0.05) is 11.9 Å². The number of rotatable bonds is 2. The first-order chi connectivity index (χ1) is 9.77. The summed E-state index contributed by atoms with van der Waals surface area (Å²) < 4.78 is 0. The lowest BCUT2D eigenvalue weighted by molar-refractivity contribution is 0.102. The average molecular weight is 283 g/mol. The van der Waals surface area contributed by atoms with Crippen LogP contribution in [0.5, 0.6) is 0 Å². The van der Waals surface area contributed by atoms with Crippen molar-refractivity contribution in [3.63, 3.8) is 0 Å². The van der Waals surface area contributed by atoms with Crippen LogP contribution in [-0.4, -0.2) is 15.9 Å². The van der Waals surface area contributed by atoms with Gasteiger partial charge < -0.3 is 5.32 Å². The molecule has 0 unspecified atom stereocenters. The van der Waals surface area contributed by atoms with E-state index in [1.54, 1.807) is 6.20 Å². The van der Waals surface area contributed by atoms with Crippen LogP contribution in [0.15, 0.2) is 30.6 Å². The Bertz CT molecular complexity index is 672. The molecule has 1 N–H and O–H groups in total. The average Bonchev–Trinajstić information content (AvgIpc) is 2.39. The van der Waals surface area contributed by atoms with Crippen LogP contribution in [0, 0.1) is 13.8 Å². The maximum absolute atomic E-state index is 12.2. The second-order valence-electron chi connectivity index (χ2n) is 6.28. The van der Waals surface area contributed by atoms with Gasteiger partial charge in [0.15, 0.2) is 0 Å². The van der Waals surface area contributed by atoms with Crippen LogP contribution in [0.1, 0.15) is 48.1 Å². The van der Waals surface area contributed by atoms with E-state index < -0.39 is 0 Å². The maximum atomic E-state index is 12.2. The van der Waals surface area contributed by atoms with E-state index in [0.29, 0.717) is 5.69 Å². The highest BCUT2D eigenvalue weighted by Gasteiger charge is 2.17. The molecule has 0 spiro atoms. The highest BCUT2D eigenvalue weighted by atomic mass is 16.1. The Morgan fingerprint density at radius 3 is 2.48 bits per heavy atom. The summed E-state index contributed by atoms with van der Waals surface area (Å²) in [5.74, 6) is -0.241. The van der Waals surface area contributed by atoms with Crippen LogP contribution in [0.4, 0.5) is 5.69 Å². The zero-order valence-corrected chi connectivity index (χ0v) is 13.2. The quantitative estimate of drug-likeness (QED) is 0.915. The van der Waals surface area contributed by atoms with E-state index in [0.717, 1.165) is 11.4 Å². The molecule has 4 heteroatoms. The number of benzene rings is 1. The molecule has 0 saturated heterocycles. The second-order valence-corrected chi connectivity index (χ2v) is 6.28. The Kier molecular flexibility index (Phi) is 4.07. The van der Waals surface area contributed by atoms with Crippen LogP contribution in [0.3, 0.4) is 0 Å². The first-order valence-electron chi connectivity index (χ1n) is 6.98. The molecule has 110 valence electrons. The lowest BCUT2D eigenvalue weighted by Gasteiger charge is -2.22. The van der Waals surface area contributed by atoms with Crippen molar-refractivity contribution in [1.82, 2.24) is 9.97 Å². The summed E-state index contributed by atoms with van der Waals surface area (Å²) in [7, 11) is 0. The molecule has 4 nitrogen and oxygen atoms in total. The van der Waals surface area contributed by atoms with Gasteiger partial charge in [0.25, 0.3) is 5.91 Å². The minimum atomic E-state index is -0.241. The van der Waals surface area contributed by atoms with Crippen molar-refractivity contribution in [3.05, 3.63) is 53.1 Å². The lowest BCUT2D eigenvalue weighted by atomic mass is 9.84. The number of nitrogens with zero attached hydrogens (tertiary/aromatic N) is 2. The fourth-order valence-electron chi connectivity index (χ4n) is 2.28. The van der Waals surface area contributed by atoms with Crippen molar-refractivity contribution in [2.75, 3.05) is 5.32 Å². The van der Waals surface area contributed by atoms with Gasteiger partial charge in [0.1, 0.15) is 5.69 Å². The number of anilines is 1. The van der Waals surface area contributed by atoms with Crippen LogP contribution in [-0.2, 0) is 5.41 Å². The van der Waals surface area contributed by atoms with Crippen LogP contribution in [0.2, 0.25) is 0 Å². The number of aromatic nitrogens is 2. The van der Waals surface area contributed by atoms with E-state index >= 15 is 0 Å². The van der Waals surface area contributed by atoms with Gasteiger partial charge >= 0.3 is 0 Å². The van der Waals surface area contributed by atoms with Crippen molar-refractivity contribution in [1.29, 1.82) is 0 Å². The predicted molar refractivity (Wildman–Crippen MR) is 84.6 cm³/mol. The topological polar surface area (TPSA) is 54.9 Å². The molecule has 0 aliphatic carbocycles. The van der Waals surface area contributed by atoms with Crippen molar-refractivity contribution in [2.45, 2.75) is 40.0 Å². The molecule has 0 bridgehead atoms. The highest BCUT2D eigenvalue weighted by Crippen LogP contribution is 2.28. The van der Waals surface area contributed by atoms with Gasteiger partial charge in [-0.1, -0.05) is 26.8 Å². The Hall–Kier alpha value is -2.23. The van der Waals surface area contributed by atoms with E-state index in [2.05, 4.69) is 43.0 Å². The summed E-state index contributed by atoms with van der Waals surface area (Å²) in [6.45, 7) is 10.4. The third kappa shape index (κ3) is 3.66. The molecular formula is C17H21N3O. The molecule has 0 fully saturated rings. The number of amides is 1. The van der Waals surface area contributed by atoms with Gasteiger partial charge in [-0.3, -0.25) is 9.78 Å². The first-order valence-corrected chi connectivity index (χ1v) is 6.98. The Morgan fingerprint density at radius 2 is 1.86 bits per heavy atom. The molecule has 21 heavy (non-hydrogen) atoms. The molecule has 1 amide bonds. The predicted octanol–water partition coefficient (Wildman–Crippen LogP) is 3.64. The van der Waals surface area contributed by atoms with Crippen molar-refractivity contribution < 1.29 is 4.79 Å². The smallest absolute Gasteiger partial charge is 0.275 e. The van der Waals surface area contributed by atoms with E-state index in [4.69, 9.17) is 0 Å². The first kappa shape index (κ1) is 15.2. The summed E-state index contributed by atoms with van der Waals surface area (Å²) in [6.07, 6.45) is 3.10. The Balaban J connectivity index is 2.26. The number of nitrogens with one attached hydrogen (secondary N) is 1. The summed E-state index contributed by atoms with van der Waals surface area (Å²) in [4.78, 5) is 20.4. The maximum Gasteiger partial charge on any atom is 0.275 e. The molecule has 0 aliphatic heterocycles. The van der Waals surface area contributed by atoms with Gasteiger partial charge in [0.05, 0.1) is 11.9 Å². The van der Waals surface area contributed by atoms with Crippen LogP contribution >= 0.6 is 0 Å². The third-order valence-electron chi connectivity index (χ3n) is 3.29. The van der Waals surface area contributed by atoms with E-state index in [1.807, 2.05) is 25.1 Å². The van der Waals surface area contributed by atoms with Gasteiger partial charge in [-0.2, -0.15) is 0 Å². The van der Waals surface area contributed by atoms with Crippen molar-refractivity contribution in [3.8, 4) is 0 Å². The summed E-state index contributed by atoms with van der Waals surface area (Å²) in [5, 5.41) is 2.88. The number of hydrogen-bond donors (Lipinski definition) is 1. The monoisotopic (exact) mass is 283 g/mol. The number of carbonyl (C=O) groups excluding carboxylic acids is 1. The molecule has 0 saturated carbocycles. The SMILES string of the molecule is Cc1cncc(C(=O)Nc2ccc(C)c(C(C)(C)C)c2)n1. The number of carbonyl (C=O) groups is 1. The van der Waals surface area contributed by atoms with E-state index in [9.17, 15) is 4.79 Å². The van der Waals surface area contributed by atoms with Crippen LogP contribution < -0.4 is 5.32 Å². The minimum Gasteiger partial charge on any atom is -0.321 e. The zero-order valence-electron chi connectivity index (χ0n) is 13.2. The second kappa shape index (κ2) is 5.64. The Labute approximate surface area is 125 Å². The molecular weight excluding hydrogens is 262 g/mol. The molecule has 0 radical (unpaired) electrons. The summed E-state index contributed by atoms with van der Waals surface area (Å²) in [5.41, 5.74) is 4.30. The molecule has 1 aromatic heterocycles. The van der Waals surface area contributed by atoms with Crippen molar-refractivity contribution >= 4 is 11.6 Å². The fraction of sp³-hybridized carbons (Fsp3) is 0.353. The van der Waals surface area contributed by atoms with Gasteiger partial charge in [0.2, 0.25) is 0 Å². The highest BCUT2D eigenvalue weighted by molar-refractivity contribution is 6.02. The Morgan fingerprint density at radius 1 is 1.14 bits per heavy atom. The summed E-state index contributed by atoms with van der Waals surface area (Å²) >= 11 is 0. The molecule has 2 rings (SSSR count). The molecule has 1 aromatic carbocycles. The van der Waals surface area contributed by atoms with Gasteiger partial charge in [-0.05, 0) is 42.5 Å². The number of aryl methyl sites for hydroxylation is 2. The molecule has 1 heterocycles. The standard InChI is InChI=1S/C17H21N3O/c1-11-6-7-13(8-14(11)17(3,4)5)20-16(21)15-10-18-9-12(2)19-15/h6-10H,1-5H3,(H,20,21). The van der Waals surface area contributed by atoms with E-state index in [1.165, 1.54) is 17.3 Å². The third-order valence-corrected chi connectivity index (χ3v) is 3.29. The van der Waals surface area contributed by atoms with Crippen molar-refractivity contribution in [2.24, 2.45) is 0 Å². The zero-order chi connectivity index (χ0) is 15.6. The molecule has 0 aliphatic rings. The largest absolute Gasteiger partial charge is 0.321 e. The van der Waals surface area contributed by atoms with E-state index in [-0.39, 0.29) is 11.3 Å². The summed E-state index contributed by atoms with van der Waals surface area (Å²) in [6, 6.07) is 5.96. The van der Waals surface area contributed by atoms with Crippen LogP contribution in [0.25, 0.3) is 0 Å². The van der Waals surface area contributed by atoms with Gasteiger partial charge in [-0.25, -0.2) is 4.98 Å². The molecule has 2 aromatic rings.